The van der Waals surface area contributed by atoms with Crippen LogP contribution in [0.2, 0.25) is 0 Å². The van der Waals surface area contributed by atoms with E-state index in [2.05, 4.69) is 30.7 Å². The third-order valence-corrected chi connectivity index (χ3v) is 7.72. The zero-order valence-corrected chi connectivity index (χ0v) is 24.6. The number of nitro benzene ring substituents is 1. The van der Waals surface area contributed by atoms with Crippen LogP contribution >= 0.6 is 0 Å². The number of anilines is 5. The summed E-state index contributed by atoms with van der Waals surface area (Å²) >= 11 is 0. The molecule has 2 aliphatic carbocycles. The number of amides is 2. The second kappa shape index (κ2) is 16.9. The molecule has 2 fully saturated rings. The summed E-state index contributed by atoms with van der Waals surface area (Å²) in [5, 5.41) is 22.8. The van der Waals surface area contributed by atoms with Crippen LogP contribution in [0.15, 0.2) is 36.4 Å². The number of ether oxygens (including phenoxy) is 2. The highest BCUT2D eigenvalue weighted by Gasteiger charge is 2.18. The van der Waals surface area contributed by atoms with Crippen LogP contribution in [0.4, 0.5) is 43.7 Å². The van der Waals surface area contributed by atoms with Gasteiger partial charge in [0.2, 0.25) is 0 Å². The Kier molecular flexibility index (Phi) is 13.0. The van der Waals surface area contributed by atoms with E-state index < -0.39 is 17.1 Å². The minimum absolute atomic E-state index is 0.0512. The molecule has 2 amide bonds. The van der Waals surface area contributed by atoms with Gasteiger partial charge in [0, 0.05) is 24.8 Å². The zero-order chi connectivity index (χ0) is 30.3. The molecule has 0 aliphatic heterocycles. The van der Waals surface area contributed by atoms with Gasteiger partial charge in [-0.1, -0.05) is 38.5 Å². The lowest BCUT2D eigenvalue weighted by Gasteiger charge is -2.22. The molecule has 2 saturated carbocycles. The molecular formula is C30H44N6O6. The summed E-state index contributed by atoms with van der Waals surface area (Å²) in [5.74, 6) is 1.32. The molecule has 0 unspecified atom stereocenters. The first-order chi connectivity index (χ1) is 20.3. The first kappa shape index (κ1) is 32.3. The van der Waals surface area contributed by atoms with Crippen LogP contribution in [0.25, 0.3) is 0 Å². The lowest BCUT2D eigenvalue weighted by atomic mass is 9.89. The molecule has 6 N–H and O–H groups in total. The molecule has 0 saturated heterocycles. The zero-order valence-electron chi connectivity index (χ0n) is 24.6. The molecule has 12 heteroatoms. The number of carbonyl (C=O) groups excluding carboxylic acids is 2. The Hall–Kier alpha value is -4.22. The number of nitro groups is 1. The number of methoxy groups -OCH3 is 2. The summed E-state index contributed by atoms with van der Waals surface area (Å²) in [4.78, 5) is 33.0. The van der Waals surface area contributed by atoms with Gasteiger partial charge in [-0.05, 0) is 67.9 Å². The van der Waals surface area contributed by atoms with Crippen LogP contribution in [0, 0.1) is 22.0 Å². The van der Waals surface area contributed by atoms with Crippen molar-refractivity contribution in [1.29, 1.82) is 0 Å². The maximum Gasteiger partial charge on any atom is 0.411 e. The number of hydrogen-bond donors (Lipinski definition) is 5. The number of hydrogen-bond acceptors (Lipinski definition) is 9. The topological polar surface area (TPSA) is 170 Å². The summed E-state index contributed by atoms with van der Waals surface area (Å²) in [7, 11) is 2.57. The summed E-state index contributed by atoms with van der Waals surface area (Å²) in [6.07, 6.45) is 11.6. The maximum atomic E-state index is 11.2. The molecule has 0 radical (unpaired) electrons. The van der Waals surface area contributed by atoms with Crippen molar-refractivity contribution in [2.45, 2.75) is 64.2 Å². The molecular weight excluding hydrogens is 540 g/mol. The quantitative estimate of drug-likeness (QED) is 0.116. The van der Waals surface area contributed by atoms with Gasteiger partial charge >= 0.3 is 12.2 Å². The van der Waals surface area contributed by atoms with Crippen molar-refractivity contribution in [3.63, 3.8) is 0 Å². The van der Waals surface area contributed by atoms with Crippen molar-refractivity contribution >= 4 is 46.3 Å². The van der Waals surface area contributed by atoms with E-state index in [-0.39, 0.29) is 5.69 Å². The predicted octanol–water partition coefficient (Wildman–Crippen LogP) is 7.20. The number of nitrogen functional groups attached to an aromatic ring is 1. The Morgan fingerprint density at radius 1 is 0.786 bits per heavy atom. The molecule has 12 nitrogen and oxygen atoms in total. The Bertz CT molecular complexity index is 1180. The fraction of sp³-hybridized carbons (Fsp3) is 0.533. The van der Waals surface area contributed by atoms with Crippen LogP contribution < -0.4 is 27.0 Å². The highest BCUT2D eigenvalue weighted by Crippen LogP contribution is 2.30. The van der Waals surface area contributed by atoms with E-state index in [4.69, 9.17) is 5.73 Å². The fourth-order valence-electron chi connectivity index (χ4n) is 5.34. The van der Waals surface area contributed by atoms with Gasteiger partial charge in [-0.3, -0.25) is 20.7 Å². The third-order valence-electron chi connectivity index (χ3n) is 7.72. The Balaban J connectivity index is 0.000000231. The standard InChI is InChI=1S/C15H21N3O4.C15H23N3O2/c1-22-15(19)17-12-7-8-13(14(9-12)18(20)21)16-10-11-5-3-2-4-6-11;1-20-15(19)18-12-7-8-14(13(16)9-12)17-10-11-5-3-2-4-6-11/h7-9,11,16H,2-6,10H2,1H3,(H,17,19);7-9,11,17H,2-6,10,16H2,1H3,(H,18,19). The van der Waals surface area contributed by atoms with Crippen LogP contribution in [0.1, 0.15) is 64.2 Å². The van der Waals surface area contributed by atoms with Crippen molar-refractivity contribution in [2.24, 2.45) is 11.8 Å². The smallest absolute Gasteiger partial charge is 0.411 e. The van der Waals surface area contributed by atoms with Crippen LogP contribution in [0.5, 0.6) is 0 Å². The third kappa shape index (κ3) is 10.6. The van der Waals surface area contributed by atoms with E-state index in [1.54, 1.807) is 18.2 Å². The first-order valence-electron chi connectivity index (χ1n) is 14.6. The highest BCUT2D eigenvalue weighted by atomic mass is 16.6. The van der Waals surface area contributed by atoms with Gasteiger partial charge in [-0.15, -0.1) is 0 Å². The van der Waals surface area contributed by atoms with E-state index in [1.165, 1.54) is 84.5 Å². The summed E-state index contributed by atoms with van der Waals surface area (Å²) < 4.78 is 9.02. The van der Waals surface area contributed by atoms with Gasteiger partial charge in [0.1, 0.15) is 5.69 Å². The average molecular weight is 585 g/mol. The van der Waals surface area contributed by atoms with Gasteiger partial charge < -0.3 is 25.8 Å². The van der Waals surface area contributed by atoms with Gasteiger partial charge in [0.25, 0.3) is 5.69 Å². The number of nitrogens with one attached hydrogen (secondary N) is 4. The number of benzene rings is 2. The monoisotopic (exact) mass is 584 g/mol. The van der Waals surface area contributed by atoms with Crippen LogP contribution in [0.3, 0.4) is 0 Å². The lowest BCUT2D eigenvalue weighted by Crippen LogP contribution is -2.17. The second-order valence-corrected chi connectivity index (χ2v) is 10.8. The van der Waals surface area contributed by atoms with E-state index in [1.807, 2.05) is 12.1 Å². The molecule has 0 spiro atoms. The largest absolute Gasteiger partial charge is 0.453 e. The van der Waals surface area contributed by atoms with Crippen molar-refractivity contribution < 1.29 is 24.0 Å². The SMILES string of the molecule is COC(=O)Nc1ccc(NCC2CCCCC2)c(N)c1.COC(=O)Nc1ccc(NCC2CCCCC2)c([N+](=O)[O-])c1. The summed E-state index contributed by atoms with van der Waals surface area (Å²) in [6.45, 7) is 1.71. The van der Waals surface area contributed by atoms with E-state index in [9.17, 15) is 19.7 Å². The number of nitrogens with zero attached hydrogens (tertiary/aromatic N) is 1. The summed E-state index contributed by atoms with van der Waals surface area (Å²) in [5.41, 5.74) is 8.95. The average Bonchev–Trinajstić information content (AvgIpc) is 3.01. The summed E-state index contributed by atoms with van der Waals surface area (Å²) in [6, 6.07) is 10.0. The minimum atomic E-state index is -0.655. The molecule has 2 aromatic rings. The van der Waals surface area contributed by atoms with Crippen molar-refractivity contribution in [2.75, 3.05) is 54.3 Å². The number of carbonyl (C=O) groups is 2. The highest BCUT2D eigenvalue weighted by molar-refractivity contribution is 5.87. The second-order valence-electron chi connectivity index (χ2n) is 10.8. The predicted molar refractivity (Wildman–Crippen MR) is 166 cm³/mol. The fourth-order valence-corrected chi connectivity index (χ4v) is 5.34. The van der Waals surface area contributed by atoms with Gasteiger partial charge in [0.15, 0.2) is 0 Å². The van der Waals surface area contributed by atoms with E-state index >= 15 is 0 Å². The van der Waals surface area contributed by atoms with Crippen LogP contribution in [-0.2, 0) is 9.47 Å². The normalized spacial score (nSPS) is 15.4. The van der Waals surface area contributed by atoms with Gasteiger partial charge in [0.05, 0.1) is 36.2 Å². The number of nitrogens with two attached hydrogens (primary N) is 1. The molecule has 0 heterocycles. The van der Waals surface area contributed by atoms with Gasteiger partial charge in [-0.2, -0.15) is 0 Å². The molecule has 2 aromatic carbocycles. The molecule has 230 valence electrons. The Labute approximate surface area is 247 Å². The van der Waals surface area contributed by atoms with E-state index in [0.717, 1.165) is 24.7 Å². The molecule has 4 rings (SSSR count). The van der Waals surface area contributed by atoms with Crippen LogP contribution in [-0.4, -0.2) is 44.4 Å². The molecule has 2 aliphatic rings. The minimum Gasteiger partial charge on any atom is -0.453 e. The van der Waals surface area contributed by atoms with Crippen molar-refractivity contribution in [1.82, 2.24) is 0 Å². The maximum absolute atomic E-state index is 11.2. The lowest BCUT2D eigenvalue weighted by molar-refractivity contribution is -0.383. The number of rotatable bonds is 9. The molecule has 0 aromatic heterocycles. The van der Waals surface area contributed by atoms with Crippen molar-refractivity contribution in [3.05, 3.63) is 46.5 Å². The van der Waals surface area contributed by atoms with Crippen molar-refractivity contribution in [3.8, 4) is 0 Å². The van der Waals surface area contributed by atoms with E-state index in [0.29, 0.717) is 28.7 Å². The Morgan fingerprint density at radius 3 is 1.69 bits per heavy atom. The van der Waals surface area contributed by atoms with Gasteiger partial charge in [-0.25, -0.2) is 9.59 Å². The molecule has 42 heavy (non-hydrogen) atoms. The Morgan fingerprint density at radius 2 is 1.24 bits per heavy atom. The molecule has 0 bridgehead atoms. The first-order valence-corrected chi connectivity index (χ1v) is 14.6. The molecule has 0 atom stereocenters.